The number of rotatable bonds is 12. The molecule has 0 heterocycles. The number of hydrogen-bond acceptors (Lipinski definition) is 2. The van der Waals surface area contributed by atoms with Gasteiger partial charge in [-0.1, -0.05) is 36.8 Å². The molecule has 0 aliphatic carbocycles. The van der Waals surface area contributed by atoms with E-state index >= 15 is 0 Å². The fraction of sp³-hybridized carbons (Fsp3) is 0.310. The zero-order valence-electron chi connectivity index (χ0n) is 20.4. The molecule has 192 valence electrons. The Morgan fingerprint density at radius 3 is 2.11 bits per heavy atom. The first kappa shape index (κ1) is 27.2. The number of benzene rings is 3. The van der Waals surface area contributed by atoms with Crippen LogP contribution in [0.5, 0.6) is 11.5 Å². The lowest BCUT2D eigenvalue weighted by Crippen LogP contribution is -2.05. The van der Waals surface area contributed by atoms with Gasteiger partial charge in [-0.05, 0) is 74.9 Å². The van der Waals surface area contributed by atoms with Crippen LogP contribution < -0.4 is 9.47 Å². The average Bonchev–Trinajstić information content (AvgIpc) is 2.86. The highest BCUT2D eigenvalue weighted by atomic mass is 19.2. The van der Waals surface area contributed by atoms with Gasteiger partial charge in [0.1, 0.15) is 6.61 Å². The highest BCUT2D eigenvalue weighted by molar-refractivity contribution is 5.65. The summed E-state index contributed by atoms with van der Waals surface area (Å²) in [4.78, 5) is 0. The van der Waals surface area contributed by atoms with Crippen molar-refractivity contribution in [2.24, 2.45) is 0 Å². The monoisotopic (exact) mass is 504 g/mol. The van der Waals surface area contributed by atoms with Gasteiger partial charge in [-0.15, -0.1) is 0 Å². The van der Waals surface area contributed by atoms with Crippen LogP contribution in [-0.4, -0.2) is 6.61 Å². The van der Waals surface area contributed by atoms with E-state index in [1.807, 2.05) is 12.1 Å². The summed E-state index contributed by atoms with van der Waals surface area (Å²) in [5.41, 5.74) is 1.49. The quantitative estimate of drug-likeness (QED) is 0.181. The van der Waals surface area contributed by atoms with Crippen molar-refractivity contribution in [3.8, 4) is 22.6 Å². The molecule has 0 aliphatic rings. The van der Waals surface area contributed by atoms with Gasteiger partial charge in [-0.25, -0.2) is 13.2 Å². The summed E-state index contributed by atoms with van der Waals surface area (Å²) >= 11 is 0. The molecule has 0 radical (unpaired) electrons. The SMILES string of the molecule is CCOc1ccc(COc2ccc(-c3ccc(CCCCCC=C(C)F)cc3)c(F)c2F)c(F)c1F. The number of hydrogen-bond donors (Lipinski definition) is 0. The van der Waals surface area contributed by atoms with Crippen molar-refractivity contribution in [3.05, 3.63) is 94.8 Å². The molecule has 3 rings (SSSR count). The third kappa shape index (κ3) is 7.09. The van der Waals surface area contributed by atoms with Gasteiger partial charge >= 0.3 is 0 Å². The average molecular weight is 505 g/mol. The van der Waals surface area contributed by atoms with E-state index in [-0.39, 0.29) is 29.3 Å². The minimum Gasteiger partial charge on any atom is -0.491 e. The molecular formula is C29H29F5O2. The third-order valence-corrected chi connectivity index (χ3v) is 5.72. The maximum Gasteiger partial charge on any atom is 0.201 e. The van der Waals surface area contributed by atoms with Crippen LogP contribution in [0.4, 0.5) is 22.0 Å². The van der Waals surface area contributed by atoms with Gasteiger partial charge in [0.25, 0.3) is 0 Å². The Kier molecular flexibility index (Phi) is 9.91. The van der Waals surface area contributed by atoms with Crippen molar-refractivity contribution in [3.63, 3.8) is 0 Å². The summed E-state index contributed by atoms with van der Waals surface area (Å²) in [6.45, 7) is 2.77. The molecule has 0 aliphatic heterocycles. The van der Waals surface area contributed by atoms with Crippen molar-refractivity contribution >= 4 is 0 Å². The van der Waals surface area contributed by atoms with Crippen molar-refractivity contribution in [1.29, 1.82) is 0 Å². The van der Waals surface area contributed by atoms with E-state index in [1.54, 1.807) is 25.1 Å². The Bertz CT molecular complexity index is 1190. The second-order valence-electron chi connectivity index (χ2n) is 8.40. The number of aryl methyl sites for hydroxylation is 1. The lowest BCUT2D eigenvalue weighted by molar-refractivity contribution is 0.274. The highest BCUT2D eigenvalue weighted by Crippen LogP contribution is 2.31. The first-order valence-corrected chi connectivity index (χ1v) is 11.9. The second-order valence-corrected chi connectivity index (χ2v) is 8.40. The summed E-state index contributed by atoms with van der Waals surface area (Å²) in [7, 11) is 0. The minimum atomic E-state index is -1.21. The Hall–Kier alpha value is -3.35. The zero-order valence-corrected chi connectivity index (χ0v) is 20.4. The van der Waals surface area contributed by atoms with E-state index in [0.717, 1.165) is 37.7 Å². The van der Waals surface area contributed by atoms with Crippen LogP contribution in [0.3, 0.4) is 0 Å². The zero-order chi connectivity index (χ0) is 26.1. The molecule has 0 fully saturated rings. The molecule has 0 spiro atoms. The first-order valence-electron chi connectivity index (χ1n) is 11.9. The molecule has 0 N–H and O–H groups in total. The Labute approximate surface area is 208 Å². The van der Waals surface area contributed by atoms with Crippen LogP contribution in [0.25, 0.3) is 11.1 Å². The van der Waals surface area contributed by atoms with E-state index in [1.165, 1.54) is 31.2 Å². The Balaban J connectivity index is 1.62. The van der Waals surface area contributed by atoms with Gasteiger partial charge in [-0.3, -0.25) is 0 Å². The number of allylic oxidation sites excluding steroid dienone is 2. The van der Waals surface area contributed by atoms with Gasteiger partial charge in [0.2, 0.25) is 11.6 Å². The maximum absolute atomic E-state index is 14.8. The lowest BCUT2D eigenvalue weighted by atomic mass is 10.0. The van der Waals surface area contributed by atoms with Gasteiger partial charge in [0.05, 0.1) is 12.4 Å². The van der Waals surface area contributed by atoms with E-state index < -0.39 is 35.6 Å². The van der Waals surface area contributed by atoms with E-state index in [4.69, 9.17) is 9.47 Å². The third-order valence-electron chi connectivity index (χ3n) is 5.72. The predicted molar refractivity (Wildman–Crippen MR) is 131 cm³/mol. The molecule has 0 aromatic heterocycles. The van der Waals surface area contributed by atoms with Crippen molar-refractivity contribution in [2.45, 2.75) is 52.6 Å². The van der Waals surface area contributed by atoms with Crippen LogP contribution in [0, 0.1) is 23.3 Å². The number of halogens is 5. The molecule has 2 nitrogen and oxygen atoms in total. The summed E-state index contributed by atoms with van der Waals surface area (Å²) in [5.74, 6) is -5.41. The Morgan fingerprint density at radius 1 is 0.750 bits per heavy atom. The number of ether oxygens (including phenoxy) is 2. The first-order chi connectivity index (χ1) is 17.3. The van der Waals surface area contributed by atoms with Crippen LogP contribution in [0.2, 0.25) is 0 Å². The smallest absolute Gasteiger partial charge is 0.201 e. The molecule has 36 heavy (non-hydrogen) atoms. The standard InChI is InChI=1S/C29H29F5O2/c1-3-35-24-16-14-22(26(31)28(24)33)18-36-25-17-15-23(27(32)29(25)34)21-12-10-20(11-13-21)9-7-5-4-6-8-19(2)30/h8,10-17H,3-7,9,18H2,1-2H3. The summed E-state index contributed by atoms with van der Waals surface area (Å²) in [6.07, 6.45) is 5.98. The van der Waals surface area contributed by atoms with Crippen LogP contribution in [0.15, 0.2) is 60.4 Å². The largest absolute Gasteiger partial charge is 0.491 e. The van der Waals surface area contributed by atoms with E-state index in [9.17, 15) is 22.0 Å². The second kappa shape index (κ2) is 13.1. The molecule has 3 aromatic carbocycles. The van der Waals surface area contributed by atoms with Crippen molar-refractivity contribution in [1.82, 2.24) is 0 Å². The molecule has 0 saturated carbocycles. The molecular weight excluding hydrogens is 475 g/mol. The minimum absolute atomic E-state index is 0.0677. The lowest BCUT2D eigenvalue weighted by Gasteiger charge is -2.12. The van der Waals surface area contributed by atoms with Gasteiger partial charge < -0.3 is 9.47 Å². The fourth-order valence-electron chi connectivity index (χ4n) is 3.77. The number of unbranched alkanes of at least 4 members (excludes halogenated alkanes) is 3. The van der Waals surface area contributed by atoms with Gasteiger partial charge in [0, 0.05) is 11.1 Å². The van der Waals surface area contributed by atoms with Crippen LogP contribution in [0.1, 0.15) is 50.7 Å². The maximum atomic E-state index is 14.8. The summed E-state index contributed by atoms with van der Waals surface area (Å²) < 4.78 is 80.6. The molecule has 0 bridgehead atoms. The van der Waals surface area contributed by atoms with E-state index in [0.29, 0.717) is 5.56 Å². The van der Waals surface area contributed by atoms with Crippen molar-refractivity contribution in [2.75, 3.05) is 6.61 Å². The van der Waals surface area contributed by atoms with Crippen LogP contribution >= 0.6 is 0 Å². The highest BCUT2D eigenvalue weighted by Gasteiger charge is 2.18. The predicted octanol–water partition coefficient (Wildman–Crippen LogP) is 8.86. The van der Waals surface area contributed by atoms with Gasteiger partial charge in [-0.2, -0.15) is 8.78 Å². The normalized spacial score (nSPS) is 11.6. The molecule has 0 amide bonds. The Morgan fingerprint density at radius 2 is 1.42 bits per heavy atom. The summed E-state index contributed by atoms with van der Waals surface area (Å²) in [6, 6.07) is 12.4. The van der Waals surface area contributed by atoms with Crippen molar-refractivity contribution < 1.29 is 31.4 Å². The summed E-state index contributed by atoms with van der Waals surface area (Å²) in [5, 5.41) is 0. The molecule has 0 unspecified atom stereocenters. The molecule has 0 atom stereocenters. The van der Waals surface area contributed by atoms with E-state index in [2.05, 4.69) is 0 Å². The van der Waals surface area contributed by atoms with Gasteiger partial charge in [0.15, 0.2) is 23.1 Å². The van der Waals surface area contributed by atoms with Crippen LogP contribution in [-0.2, 0) is 13.0 Å². The molecule has 3 aromatic rings. The molecule has 0 saturated heterocycles. The topological polar surface area (TPSA) is 18.5 Å². The fourth-order valence-corrected chi connectivity index (χ4v) is 3.77. The molecule has 7 heteroatoms.